The van der Waals surface area contributed by atoms with Crippen molar-refractivity contribution < 1.29 is 9.18 Å². The number of rotatable bonds is 6. The fourth-order valence-corrected chi connectivity index (χ4v) is 3.13. The van der Waals surface area contributed by atoms with Gasteiger partial charge in [0.1, 0.15) is 11.7 Å². The Kier molecular flexibility index (Phi) is 5.10. The highest BCUT2D eigenvalue weighted by Crippen LogP contribution is 2.32. The van der Waals surface area contributed by atoms with Gasteiger partial charge < -0.3 is 10.6 Å². The molecule has 1 atom stereocenters. The highest BCUT2D eigenvalue weighted by molar-refractivity contribution is 6.12. The Morgan fingerprint density at radius 3 is 2.82 bits per heavy atom. The summed E-state index contributed by atoms with van der Waals surface area (Å²) in [6.07, 6.45) is 6.08. The van der Waals surface area contributed by atoms with Gasteiger partial charge in [0.15, 0.2) is 0 Å². The highest BCUT2D eigenvalue weighted by Gasteiger charge is 2.29. The van der Waals surface area contributed by atoms with Crippen molar-refractivity contribution in [2.45, 2.75) is 12.3 Å². The molecule has 3 aromatic rings. The van der Waals surface area contributed by atoms with Crippen LogP contribution in [-0.4, -0.2) is 23.7 Å². The smallest absolute Gasteiger partial charge is 0.237 e. The van der Waals surface area contributed by atoms with Crippen molar-refractivity contribution >= 4 is 29.2 Å². The zero-order chi connectivity index (χ0) is 19.3. The van der Waals surface area contributed by atoms with E-state index < -0.39 is 5.92 Å². The number of nitrogens with zero attached hydrogens (tertiary/aromatic N) is 2. The maximum absolute atomic E-state index is 13.5. The second-order valence-electron chi connectivity index (χ2n) is 6.56. The number of aliphatic imine (C=N–C) groups is 1. The third-order valence-electron chi connectivity index (χ3n) is 4.59. The topological polar surface area (TPSA) is 66.4 Å². The van der Waals surface area contributed by atoms with Crippen LogP contribution in [0.2, 0.25) is 0 Å². The maximum Gasteiger partial charge on any atom is 0.237 e. The van der Waals surface area contributed by atoms with Crippen molar-refractivity contribution in [2.24, 2.45) is 4.99 Å². The molecule has 0 saturated heterocycles. The Balaban J connectivity index is 1.37. The zero-order valence-electron chi connectivity index (χ0n) is 15.1. The number of hydrogen-bond acceptors (Lipinski definition) is 4. The third kappa shape index (κ3) is 4.06. The van der Waals surface area contributed by atoms with Crippen LogP contribution < -0.4 is 10.6 Å². The minimum Gasteiger partial charge on any atom is -0.385 e. The molecule has 0 bridgehead atoms. The van der Waals surface area contributed by atoms with Gasteiger partial charge in [-0.15, -0.1) is 0 Å². The number of carbonyl (C=O) groups excluding carboxylic acids is 1. The number of anilines is 2. The van der Waals surface area contributed by atoms with Crippen molar-refractivity contribution in [3.05, 3.63) is 83.9 Å². The van der Waals surface area contributed by atoms with Gasteiger partial charge in [-0.05, 0) is 66.1 Å². The van der Waals surface area contributed by atoms with Crippen LogP contribution in [0.25, 0.3) is 0 Å². The first kappa shape index (κ1) is 17.9. The Hall–Kier alpha value is -3.54. The third-order valence-corrected chi connectivity index (χ3v) is 4.59. The van der Waals surface area contributed by atoms with Gasteiger partial charge in [0.25, 0.3) is 0 Å². The summed E-state index contributed by atoms with van der Waals surface area (Å²) in [5.74, 6) is -1.14. The highest BCUT2D eigenvalue weighted by atomic mass is 19.1. The molecule has 4 rings (SSSR count). The molecule has 1 unspecified atom stereocenters. The second-order valence-corrected chi connectivity index (χ2v) is 6.56. The number of fused-ring (bicyclic) bond motifs is 1. The summed E-state index contributed by atoms with van der Waals surface area (Å²) in [6, 6.07) is 15.9. The molecule has 0 saturated carbocycles. The number of halogens is 1. The van der Waals surface area contributed by atoms with Crippen molar-refractivity contribution in [2.75, 3.05) is 17.2 Å². The van der Waals surface area contributed by atoms with Crippen LogP contribution in [0, 0.1) is 5.82 Å². The minimum absolute atomic E-state index is 0.196. The normalized spacial score (nSPS) is 15.5. The molecule has 6 heteroatoms. The van der Waals surface area contributed by atoms with E-state index in [9.17, 15) is 9.18 Å². The van der Waals surface area contributed by atoms with Gasteiger partial charge in [0, 0.05) is 36.5 Å². The van der Waals surface area contributed by atoms with E-state index in [2.05, 4.69) is 26.7 Å². The lowest BCUT2D eigenvalue weighted by Gasteiger charge is -2.07. The van der Waals surface area contributed by atoms with Gasteiger partial charge in [-0.25, -0.2) is 4.39 Å². The summed E-state index contributed by atoms with van der Waals surface area (Å²) in [7, 11) is 0. The van der Waals surface area contributed by atoms with Crippen LogP contribution in [0.5, 0.6) is 0 Å². The molecule has 0 spiro atoms. The molecule has 5 nitrogen and oxygen atoms in total. The monoisotopic (exact) mass is 374 g/mol. The predicted octanol–water partition coefficient (Wildman–Crippen LogP) is 4.31. The molecule has 28 heavy (non-hydrogen) atoms. The molecule has 2 aromatic carbocycles. The molecule has 1 amide bonds. The second kappa shape index (κ2) is 8.00. The maximum atomic E-state index is 13.5. The number of nitrogens with one attached hydrogen (secondary N) is 2. The average Bonchev–Trinajstić information content (AvgIpc) is 3.02. The molecule has 1 aliphatic heterocycles. The molecule has 0 aliphatic carbocycles. The molecule has 0 radical (unpaired) electrons. The van der Waals surface area contributed by atoms with E-state index in [0.29, 0.717) is 11.3 Å². The zero-order valence-corrected chi connectivity index (χ0v) is 15.1. The minimum atomic E-state index is -0.581. The molecule has 1 aliphatic rings. The van der Waals surface area contributed by atoms with E-state index in [0.717, 1.165) is 24.3 Å². The first-order valence-electron chi connectivity index (χ1n) is 9.06. The predicted molar refractivity (Wildman–Crippen MR) is 109 cm³/mol. The van der Waals surface area contributed by atoms with E-state index in [4.69, 9.17) is 0 Å². The number of benzene rings is 2. The van der Waals surface area contributed by atoms with E-state index in [1.807, 2.05) is 36.5 Å². The summed E-state index contributed by atoms with van der Waals surface area (Å²) in [4.78, 5) is 20.6. The summed E-state index contributed by atoms with van der Waals surface area (Å²) in [5, 5.41) is 6.10. The van der Waals surface area contributed by atoms with Crippen molar-refractivity contribution in [3.63, 3.8) is 0 Å². The molecular weight excluding hydrogens is 355 g/mol. The molecule has 2 N–H and O–H groups in total. The average molecular weight is 374 g/mol. The van der Waals surface area contributed by atoms with Crippen LogP contribution in [0.4, 0.5) is 21.5 Å². The number of amides is 1. The van der Waals surface area contributed by atoms with Gasteiger partial charge in [-0.2, -0.15) is 0 Å². The van der Waals surface area contributed by atoms with Crippen molar-refractivity contribution in [1.82, 2.24) is 4.98 Å². The van der Waals surface area contributed by atoms with Crippen LogP contribution in [-0.2, 0) is 11.2 Å². The number of hydrogen-bond donors (Lipinski definition) is 2. The molecular formula is C22H19FN4O. The SMILES string of the molecule is O=C1Nc2ccc(F)cc2C1C=Nc1ccc(NCCc2cccnc2)cc1. The molecule has 0 fully saturated rings. The Morgan fingerprint density at radius 1 is 1.18 bits per heavy atom. The summed E-state index contributed by atoms with van der Waals surface area (Å²) in [6.45, 7) is 0.804. The Bertz CT molecular complexity index is 1000. The Morgan fingerprint density at radius 2 is 2.04 bits per heavy atom. The molecule has 1 aromatic heterocycles. The van der Waals surface area contributed by atoms with Gasteiger partial charge in [0.05, 0.1) is 5.69 Å². The van der Waals surface area contributed by atoms with Gasteiger partial charge in [0.2, 0.25) is 5.91 Å². The van der Waals surface area contributed by atoms with E-state index in [-0.39, 0.29) is 11.7 Å². The van der Waals surface area contributed by atoms with Gasteiger partial charge in [-0.3, -0.25) is 14.8 Å². The largest absolute Gasteiger partial charge is 0.385 e. The fourth-order valence-electron chi connectivity index (χ4n) is 3.13. The quantitative estimate of drug-likeness (QED) is 0.632. The summed E-state index contributed by atoms with van der Waals surface area (Å²) in [5.41, 5.74) is 4.16. The van der Waals surface area contributed by atoms with Crippen molar-refractivity contribution in [1.29, 1.82) is 0 Å². The van der Waals surface area contributed by atoms with Gasteiger partial charge in [-0.1, -0.05) is 6.07 Å². The summed E-state index contributed by atoms with van der Waals surface area (Å²) >= 11 is 0. The Labute approximate surface area is 162 Å². The van der Waals surface area contributed by atoms with E-state index in [1.54, 1.807) is 18.5 Å². The van der Waals surface area contributed by atoms with E-state index in [1.165, 1.54) is 17.7 Å². The first-order chi connectivity index (χ1) is 13.7. The number of aromatic nitrogens is 1. The lowest BCUT2D eigenvalue weighted by Crippen LogP contribution is -2.12. The number of carbonyl (C=O) groups is 1. The van der Waals surface area contributed by atoms with Crippen molar-refractivity contribution in [3.8, 4) is 0 Å². The van der Waals surface area contributed by atoms with Crippen LogP contribution in [0.1, 0.15) is 17.0 Å². The van der Waals surface area contributed by atoms with Crippen LogP contribution in [0.3, 0.4) is 0 Å². The standard InChI is InChI=1S/C22H19FN4O/c23-16-3-8-21-19(12-16)20(22(28)27-21)14-26-18-6-4-17(5-7-18)25-11-9-15-2-1-10-24-13-15/h1-8,10,12-14,20,25H,9,11H2,(H,27,28). The first-order valence-corrected chi connectivity index (χ1v) is 9.06. The molecule has 2 heterocycles. The fraction of sp³-hybridized carbons (Fsp3) is 0.136. The lowest BCUT2D eigenvalue weighted by atomic mass is 10.0. The van der Waals surface area contributed by atoms with E-state index >= 15 is 0 Å². The van der Waals surface area contributed by atoms with Crippen LogP contribution >= 0.6 is 0 Å². The van der Waals surface area contributed by atoms with Gasteiger partial charge >= 0.3 is 0 Å². The van der Waals surface area contributed by atoms with Crippen LogP contribution in [0.15, 0.2) is 72.0 Å². The molecule has 140 valence electrons. The number of pyridine rings is 1. The summed E-state index contributed by atoms with van der Waals surface area (Å²) < 4.78 is 13.5. The lowest BCUT2D eigenvalue weighted by molar-refractivity contribution is -0.115.